The number of rotatable bonds is 0. The highest BCUT2D eigenvalue weighted by molar-refractivity contribution is 5.25. The first-order valence-electron chi connectivity index (χ1n) is 3.65. The van der Waals surface area contributed by atoms with E-state index < -0.39 is 0 Å². The van der Waals surface area contributed by atoms with Crippen molar-refractivity contribution in [2.75, 3.05) is 0 Å². The van der Waals surface area contributed by atoms with Gasteiger partial charge in [-0.15, -0.1) is 0 Å². The maximum atomic E-state index is 2.31. The van der Waals surface area contributed by atoms with Crippen LogP contribution in [0.4, 0.5) is 0 Å². The Labute approximate surface area is 57.3 Å². The summed E-state index contributed by atoms with van der Waals surface area (Å²) in [5.41, 5.74) is 3.05. The molecule has 1 aliphatic rings. The first-order valence-corrected chi connectivity index (χ1v) is 3.65. The molecule has 1 aliphatic carbocycles. The van der Waals surface area contributed by atoms with E-state index in [2.05, 4.69) is 26.0 Å². The lowest BCUT2D eigenvalue weighted by atomic mass is 9.96. The van der Waals surface area contributed by atoms with E-state index >= 15 is 0 Å². The van der Waals surface area contributed by atoms with Gasteiger partial charge in [0.05, 0.1) is 0 Å². The first-order chi connectivity index (χ1) is 4.33. The van der Waals surface area contributed by atoms with Crippen LogP contribution in [0.1, 0.15) is 33.1 Å². The maximum absolute atomic E-state index is 2.31. The molecule has 0 N–H and O–H groups in total. The lowest BCUT2D eigenvalue weighted by molar-refractivity contribution is 0.783. The van der Waals surface area contributed by atoms with Gasteiger partial charge in [-0.05, 0) is 33.1 Å². The van der Waals surface area contributed by atoms with E-state index in [1.54, 1.807) is 0 Å². The molecule has 0 amide bonds. The molecule has 0 aromatic heterocycles. The Kier molecular flexibility index (Phi) is 2.10. The van der Waals surface area contributed by atoms with Gasteiger partial charge in [0.2, 0.25) is 0 Å². The Morgan fingerprint density at radius 2 is 2.22 bits per heavy atom. The zero-order valence-electron chi connectivity index (χ0n) is 6.28. The van der Waals surface area contributed by atoms with E-state index in [9.17, 15) is 0 Å². The minimum Gasteiger partial charge on any atom is -0.0844 e. The summed E-state index contributed by atoms with van der Waals surface area (Å²) in [4.78, 5) is 0. The molecule has 1 rings (SSSR count). The molecule has 0 aromatic carbocycles. The average molecular weight is 122 g/mol. The van der Waals surface area contributed by atoms with Gasteiger partial charge in [0.1, 0.15) is 0 Å². The van der Waals surface area contributed by atoms with E-state index in [1.807, 2.05) is 0 Å². The molecule has 0 saturated heterocycles. The minimum absolute atomic E-state index is 1.29. The lowest BCUT2D eigenvalue weighted by Crippen LogP contribution is -1.90. The zero-order valence-corrected chi connectivity index (χ0v) is 6.28. The molecule has 0 heterocycles. The van der Waals surface area contributed by atoms with Crippen molar-refractivity contribution in [1.29, 1.82) is 0 Å². The summed E-state index contributed by atoms with van der Waals surface area (Å²) < 4.78 is 0. The van der Waals surface area contributed by atoms with Gasteiger partial charge in [-0.2, -0.15) is 0 Å². The molecule has 0 bridgehead atoms. The first kappa shape index (κ1) is 6.60. The van der Waals surface area contributed by atoms with Gasteiger partial charge in [-0.1, -0.05) is 23.3 Å². The van der Waals surface area contributed by atoms with Crippen molar-refractivity contribution >= 4 is 0 Å². The van der Waals surface area contributed by atoms with Crippen LogP contribution in [0.15, 0.2) is 23.3 Å². The third-order valence-corrected chi connectivity index (χ3v) is 1.84. The summed E-state index contributed by atoms with van der Waals surface area (Å²) in [6, 6.07) is 0. The van der Waals surface area contributed by atoms with Crippen LogP contribution in [-0.4, -0.2) is 0 Å². The second-order valence-electron chi connectivity index (χ2n) is 2.71. The molecule has 0 fully saturated rings. The predicted octanol–water partition coefficient (Wildman–Crippen LogP) is 3.06. The predicted molar refractivity (Wildman–Crippen MR) is 41.4 cm³/mol. The van der Waals surface area contributed by atoms with E-state index in [4.69, 9.17) is 0 Å². The second kappa shape index (κ2) is 2.86. The summed E-state index contributed by atoms with van der Waals surface area (Å²) in [5, 5.41) is 0. The molecular formula is C9H14. The van der Waals surface area contributed by atoms with Crippen LogP contribution in [0.5, 0.6) is 0 Å². The summed E-state index contributed by atoms with van der Waals surface area (Å²) in [6.07, 6.45) is 8.46. The smallest absolute Gasteiger partial charge is 0.0279 e. The minimum atomic E-state index is 1.29. The van der Waals surface area contributed by atoms with Gasteiger partial charge in [0.15, 0.2) is 0 Å². The van der Waals surface area contributed by atoms with Gasteiger partial charge in [0, 0.05) is 0 Å². The van der Waals surface area contributed by atoms with Crippen LogP contribution >= 0.6 is 0 Å². The largest absolute Gasteiger partial charge is 0.0844 e. The van der Waals surface area contributed by atoms with Crippen LogP contribution < -0.4 is 0 Å². The fraction of sp³-hybridized carbons (Fsp3) is 0.556. The standard InChI is InChI=1S/C9H14/c1-3-9-6-4-5-8(2)7-9/h3,7H,4-6H2,1-2H3. The maximum Gasteiger partial charge on any atom is -0.0279 e. The summed E-state index contributed by atoms with van der Waals surface area (Å²) in [7, 11) is 0. The van der Waals surface area contributed by atoms with E-state index in [1.165, 1.54) is 30.4 Å². The Hall–Kier alpha value is -0.520. The van der Waals surface area contributed by atoms with Gasteiger partial charge in [0.25, 0.3) is 0 Å². The molecule has 0 saturated carbocycles. The van der Waals surface area contributed by atoms with Crippen LogP contribution in [0.25, 0.3) is 0 Å². The number of hydrogen-bond acceptors (Lipinski definition) is 0. The quantitative estimate of drug-likeness (QED) is 0.463. The SMILES string of the molecule is CC=C1C=C(C)CCC1. The third-order valence-electron chi connectivity index (χ3n) is 1.84. The molecule has 0 nitrogen and oxygen atoms in total. The van der Waals surface area contributed by atoms with Crippen molar-refractivity contribution in [2.24, 2.45) is 0 Å². The van der Waals surface area contributed by atoms with Crippen molar-refractivity contribution in [1.82, 2.24) is 0 Å². The van der Waals surface area contributed by atoms with Crippen LogP contribution in [-0.2, 0) is 0 Å². The van der Waals surface area contributed by atoms with Gasteiger partial charge >= 0.3 is 0 Å². The van der Waals surface area contributed by atoms with Gasteiger partial charge < -0.3 is 0 Å². The van der Waals surface area contributed by atoms with E-state index in [0.717, 1.165) is 0 Å². The van der Waals surface area contributed by atoms with Crippen molar-refractivity contribution in [2.45, 2.75) is 33.1 Å². The molecule has 0 aliphatic heterocycles. The van der Waals surface area contributed by atoms with Crippen molar-refractivity contribution < 1.29 is 0 Å². The number of hydrogen-bond donors (Lipinski definition) is 0. The highest BCUT2D eigenvalue weighted by atomic mass is 14.1. The molecule has 50 valence electrons. The van der Waals surface area contributed by atoms with Crippen LogP contribution in [0, 0.1) is 0 Å². The van der Waals surface area contributed by atoms with Crippen molar-refractivity contribution in [3.8, 4) is 0 Å². The van der Waals surface area contributed by atoms with Crippen LogP contribution in [0.2, 0.25) is 0 Å². The summed E-state index contributed by atoms with van der Waals surface area (Å²) >= 11 is 0. The molecule has 9 heavy (non-hydrogen) atoms. The lowest BCUT2D eigenvalue weighted by Gasteiger charge is -2.10. The van der Waals surface area contributed by atoms with E-state index in [0.29, 0.717) is 0 Å². The molecule has 0 heteroatoms. The fourth-order valence-corrected chi connectivity index (χ4v) is 1.26. The summed E-state index contributed by atoms with van der Waals surface area (Å²) in [5.74, 6) is 0. The highest BCUT2D eigenvalue weighted by Gasteiger charge is 2.00. The zero-order chi connectivity index (χ0) is 6.69. The Morgan fingerprint density at radius 3 is 2.67 bits per heavy atom. The Balaban J connectivity index is 2.68. The Bertz CT molecular complexity index is 149. The van der Waals surface area contributed by atoms with E-state index in [-0.39, 0.29) is 0 Å². The van der Waals surface area contributed by atoms with Crippen molar-refractivity contribution in [3.63, 3.8) is 0 Å². The van der Waals surface area contributed by atoms with Gasteiger partial charge in [-0.3, -0.25) is 0 Å². The van der Waals surface area contributed by atoms with Crippen molar-refractivity contribution in [3.05, 3.63) is 23.3 Å². The topological polar surface area (TPSA) is 0 Å². The molecule has 0 radical (unpaired) electrons. The molecule has 0 aromatic rings. The monoisotopic (exact) mass is 122 g/mol. The molecule has 0 atom stereocenters. The Morgan fingerprint density at radius 1 is 1.44 bits per heavy atom. The highest BCUT2D eigenvalue weighted by Crippen LogP contribution is 2.20. The molecule has 0 unspecified atom stereocenters. The molecular weight excluding hydrogens is 108 g/mol. The molecule has 0 spiro atoms. The number of allylic oxidation sites excluding steroid dienone is 4. The average Bonchev–Trinajstić information content (AvgIpc) is 1.88. The third kappa shape index (κ3) is 1.70. The summed E-state index contributed by atoms with van der Waals surface area (Å²) in [6.45, 7) is 4.33. The second-order valence-corrected chi connectivity index (χ2v) is 2.71. The normalized spacial score (nSPS) is 24.2. The fourth-order valence-electron chi connectivity index (χ4n) is 1.26. The van der Waals surface area contributed by atoms with Crippen LogP contribution in [0.3, 0.4) is 0 Å². The van der Waals surface area contributed by atoms with Gasteiger partial charge in [-0.25, -0.2) is 0 Å².